The van der Waals surface area contributed by atoms with Gasteiger partial charge in [0.05, 0.1) is 50.1 Å². The summed E-state index contributed by atoms with van der Waals surface area (Å²) in [6.45, 7) is 43.7. The highest BCUT2D eigenvalue weighted by Crippen LogP contribution is 2.46. The molecule has 6 aliphatic carbocycles. The number of benzene rings is 7. The van der Waals surface area contributed by atoms with E-state index in [-0.39, 0.29) is 78.3 Å². The summed E-state index contributed by atoms with van der Waals surface area (Å²) < 4.78 is 359. The number of pyridine rings is 2. The molecule has 6 aliphatic rings. The largest absolute Gasteiger partial charge is 0.522 e. The van der Waals surface area contributed by atoms with Gasteiger partial charge < -0.3 is 0 Å². The van der Waals surface area contributed by atoms with Crippen molar-refractivity contribution < 1.29 is 105 Å². The number of rotatable bonds is 6. The summed E-state index contributed by atoms with van der Waals surface area (Å²) in [6.07, 6.45) is 2.49. The zero-order valence-corrected chi connectivity index (χ0v) is 63.1. The van der Waals surface area contributed by atoms with Crippen LogP contribution >= 0.6 is 0 Å². The van der Waals surface area contributed by atoms with Crippen molar-refractivity contribution in [2.75, 3.05) is 0 Å². The molecule has 0 amide bonds. The van der Waals surface area contributed by atoms with Crippen LogP contribution in [0.1, 0.15) is 44.5 Å². The molecule has 0 unspecified atom stereocenters. The minimum atomic E-state index is -2.11. The van der Waals surface area contributed by atoms with Gasteiger partial charge in [-0.1, -0.05) is 18.2 Å². The Kier molecular flexibility index (Phi) is 23.4. The van der Waals surface area contributed by atoms with E-state index in [2.05, 4.69) is 39.0 Å². The molecule has 0 saturated carbocycles. The molecule has 0 spiro atoms. The second kappa shape index (κ2) is 34.1. The van der Waals surface area contributed by atoms with Gasteiger partial charge in [-0.25, -0.2) is 87.8 Å². The lowest BCUT2D eigenvalue weighted by Gasteiger charge is -2.19. The number of nitrogens with zero attached hydrogens (tertiary/aromatic N) is 16. The molecule has 15 rings (SSSR count). The fraction of sp³-hybridized carbons (Fsp3) is 0.0667. The molecule has 0 N–H and O–H groups in total. The number of allylic oxidation sites excluding steroid dienone is 9. The Hall–Kier alpha value is -18.3. The molecule has 628 valence electrons. The first-order valence-corrected chi connectivity index (χ1v) is 35.3. The van der Waals surface area contributed by atoms with Crippen LogP contribution in [0.15, 0.2) is 79.8 Å². The molecular formula is C90H20F24N16. The number of hydrogen-bond acceptors (Lipinski definition) is 10. The Morgan fingerprint density at radius 2 is 0.400 bits per heavy atom. The van der Waals surface area contributed by atoms with E-state index in [0.717, 1.165) is 48.6 Å². The first-order chi connectivity index (χ1) is 61.9. The van der Waals surface area contributed by atoms with Gasteiger partial charge in [0.15, 0.2) is 116 Å². The smallest absolute Gasteiger partial charge is 0.204 e. The van der Waals surface area contributed by atoms with Crippen molar-refractivity contribution in [3.05, 3.63) is 364 Å². The predicted octanol–water partition coefficient (Wildman–Crippen LogP) is 17.1. The fourth-order valence-electron chi connectivity index (χ4n) is 15.8. The second-order valence-electron chi connectivity index (χ2n) is 27.4. The predicted molar refractivity (Wildman–Crippen MR) is 398 cm³/mol. The minimum Gasteiger partial charge on any atom is -0.204 e. The van der Waals surface area contributed by atoms with Crippen LogP contribution in [-0.4, -0.2) is 9.97 Å². The summed E-state index contributed by atoms with van der Waals surface area (Å²) >= 11 is 0. The van der Waals surface area contributed by atoms with Crippen LogP contribution < -0.4 is 31.3 Å². The highest BCUT2D eigenvalue weighted by molar-refractivity contribution is 5.92. The van der Waals surface area contributed by atoms with E-state index in [1.807, 2.05) is 0 Å². The lowest BCUT2D eigenvalue weighted by Crippen LogP contribution is -2.25. The van der Waals surface area contributed by atoms with Gasteiger partial charge >= 0.3 is 17.5 Å². The third-order valence-electron chi connectivity index (χ3n) is 21.1. The minimum absolute atomic E-state index is 0.0463. The number of halogens is 24. The first kappa shape index (κ1) is 89.4. The summed E-state index contributed by atoms with van der Waals surface area (Å²) in [7, 11) is 0. The maximum Gasteiger partial charge on any atom is 0.522 e. The van der Waals surface area contributed by atoms with Crippen molar-refractivity contribution in [3.63, 3.8) is 0 Å². The van der Waals surface area contributed by atoms with Gasteiger partial charge in [0, 0.05) is 31.4 Å². The van der Waals surface area contributed by atoms with Crippen LogP contribution in [0.2, 0.25) is 0 Å². The van der Waals surface area contributed by atoms with E-state index < -0.39 is 323 Å². The number of fused-ring (bicyclic) bond motifs is 6. The number of nitriles is 8. The average molecular weight is 1780 g/mol. The molecule has 9 aromatic rings. The van der Waals surface area contributed by atoms with Gasteiger partial charge in [-0.3, -0.25) is 0 Å². The maximum atomic E-state index is 15.6. The Morgan fingerprint density at radius 1 is 0.231 bits per heavy atom. The highest BCUT2D eigenvalue weighted by atomic mass is 19.2. The van der Waals surface area contributed by atoms with E-state index in [0.29, 0.717) is 0 Å². The fourth-order valence-corrected chi connectivity index (χ4v) is 15.8. The lowest BCUT2D eigenvalue weighted by atomic mass is 9.85. The van der Waals surface area contributed by atoms with E-state index in [1.54, 1.807) is 36.4 Å². The van der Waals surface area contributed by atoms with Crippen molar-refractivity contribution in [1.29, 1.82) is 42.1 Å². The molecule has 2 aromatic heterocycles. The van der Waals surface area contributed by atoms with Crippen molar-refractivity contribution in [1.82, 2.24) is 9.97 Å². The number of aromatic nitrogens is 2. The summed E-state index contributed by atoms with van der Waals surface area (Å²) in [6, 6.07) is 11.3. The van der Waals surface area contributed by atoms with Crippen LogP contribution in [0.4, 0.5) is 105 Å². The summed E-state index contributed by atoms with van der Waals surface area (Å²) in [5.41, 5.74) is -19.9. The Bertz CT molecular complexity index is 7290. The van der Waals surface area contributed by atoms with Gasteiger partial charge in [-0.05, 0) is 152 Å². The van der Waals surface area contributed by atoms with E-state index >= 15 is 52.7 Å². The van der Waals surface area contributed by atoms with Crippen LogP contribution in [0.25, 0.3) is 132 Å². The molecule has 16 nitrogen and oxygen atoms in total. The Labute approximate surface area is 709 Å². The van der Waals surface area contributed by atoms with Crippen LogP contribution in [0.5, 0.6) is 0 Å². The zero-order chi connectivity index (χ0) is 95.0. The molecule has 0 atom stereocenters. The molecule has 0 aliphatic heterocycles. The molecule has 7 aromatic carbocycles. The third-order valence-corrected chi connectivity index (χ3v) is 21.1. The van der Waals surface area contributed by atoms with Gasteiger partial charge in [0.25, 0.3) is 23.8 Å². The van der Waals surface area contributed by atoms with Crippen LogP contribution in [-0.2, 0) is 38.5 Å². The van der Waals surface area contributed by atoms with Crippen molar-refractivity contribution in [2.24, 2.45) is 0 Å². The summed E-state index contributed by atoms with van der Waals surface area (Å²) in [5, 5.41) is 72.2. The van der Waals surface area contributed by atoms with E-state index in [9.17, 15) is 84.3 Å². The lowest BCUT2D eigenvalue weighted by molar-refractivity contribution is 0.410. The van der Waals surface area contributed by atoms with Crippen molar-refractivity contribution >= 4 is 36.5 Å². The second-order valence-corrected chi connectivity index (χ2v) is 27.4. The van der Waals surface area contributed by atoms with Gasteiger partial charge in [0.2, 0.25) is 0 Å². The Morgan fingerprint density at radius 3 is 0.577 bits per heavy atom. The van der Waals surface area contributed by atoms with Crippen molar-refractivity contribution in [2.45, 2.75) is 38.5 Å². The molecule has 0 fully saturated rings. The molecule has 40 heteroatoms. The van der Waals surface area contributed by atoms with Gasteiger partial charge in [-0.2, -0.15) is 98.7 Å². The topological polar surface area (TPSA) is 242 Å². The average Bonchev–Trinajstić information content (AvgIpc) is 1.55. The quantitative estimate of drug-likeness (QED) is 0.0501. The molecule has 130 heavy (non-hydrogen) atoms. The van der Waals surface area contributed by atoms with E-state index in [4.69, 9.17) is 50.0 Å². The molecule has 0 radical (unpaired) electrons. The van der Waals surface area contributed by atoms with Crippen molar-refractivity contribution in [3.8, 4) is 115 Å². The summed E-state index contributed by atoms with van der Waals surface area (Å²) in [4.78, 5) is 23.3. The molecule has 0 bridgehead atoms. The van der Waals surface area contributed by atoms with Gasteiger partial charge in [0.1, 0.15) is 116 Å². The van der Waals surface area contributed by atoms with E-state index in [1.165, 1.54) is 0 Å². The molecule has 0 saturated heterocycles. The number of hydrogen-bond donors (Lipinski definition) is 0. The Balaban J connectivity index is 0.000000166. The normalized spacial score (nSPS) is 12.6. The molecular weight excluding hydrogens is 1760 g/mol. The van der Waals surface area contributed by atoms with Crippen LogP contribution in [0.3, 0.4) is 0 Å². The third kappa shape index (κ3) is 13.9. The maximum absolute atomic E-state index is 15.6. The first-order valence-electron chi connectivity index (χ1n) is 35.3. The highest BCUT2D eigenvalue weighted by Gasteiger charge is 2.42. The molecule has 2 heterocycles. The SMILES string of the molecule is [C-]#[N+]C([N+]#[C-])=C1C=c2c(c(-c3c(F)c(F)c(C#N)c(F)c3F)c3c(c2-c2c(F)c(F)c(C#N)c(F)c2F)CC(=C(C#N)C#N)C=3)C1.[C-]#[N+]C([N+]#[C-])=C1C=c2c(c(-c3c(F)c(F)cc(F)c3F)c3c(c2-c2c(F)c(F)cc(F)c2F)CC(=C(C#N)C#N)C=3)C1.[C-]#[N+]C([N+]#[C-])=C1C=c2c(c(-c3c(F)c(F)nc(F)c3F)c3c(c2-c2c(F)c(F)nc(F)c2F)CC(=C(C#N)C#N)C=3)C1. The summed E-state index contributed by atoms with van der Waals surface area (Å²) in [5.74, 6) is -49.4. The van der Waals surface area contributed by atoms with Gasteiger partial charge in [-0.15, -0.1) is 0 Å². The van der Waals surface area contributed by atoms with Crippen LogP contribution in [0, 0.1) is 270 Å². The standard InChI is InChI=1S/C32H6F8N6.C30H8F8N4.C28H6F8N6/c1-45-32(46-2)12-5-16-17(6-12)21(23-30(39)26(35)19(10-44)27(36)31(23)40)15-4-11(13(7-41)8-42)3-14(15)20(16)22-28(37)24(33)18(9-43)25(34)29(22)38;1-41-30(42-2)12-5-16-17(6-12)23(25-28(37)20(33)8-21(34)29(25)38)15-4-11(13(9-39)10-40)3-14(15)22(16)24-26(35)18(31)7-19(32)27(24)36;1-39-28(40-2)10-5-14-15(6-10)17(19-22(31)26(35)42-27(36)23(19)32)13-4-9(11(7-37)8-38)3-12(13)16(14)18-20(29)24(33)41-25(34)21(18)30/h3,6H,4-5H2;3,6-8H,4-5H2;3,6H,4-5H2. The monoisotopic (exact) mass is 1780 g/mol. The zero-order valence-electron chi connectivity index (χ0n) is 63.1.